The molecule has 0 radical (unpaired) electrons. The minimum absolute atomic E-state index is 0.198. The van der Waals surface area contributed by atoms with Crippen molar-refractivity contribution in [3.8, 4) is 11.1 Å². The molecule has 1 saturated carbocycles. The molecule has 0 bridgehead atoms. The van der Waals surface area contributed by atoms with Gasteiger partial charge in [0.15, 0.2) is 11.6 Å². The second-order valence-electron chi connectivity index (χ2n) is 16.0. The maximum atomic E-state index is 13.7. The number of hydrogen-bond donors (Lipinski definition) is 3. The van der Waals surface area contributed by atoms with E-state index in [0.717, 1.165) is 113 Å². The highest BCUT2D eigenvalue weighted by molar-refractivity contribution is 6.40. The number of rotatable bonds is 10. The number of hydrogen-bond acceptors (Lipinski definition) is 8. The molecule has 2 aromatic heterocycles. The summed E-state index contributed by atoms with van der Waals surface area (Å²) in [5.74, 6) is -0.392. The molecule has 0 atom stereocenters. The zero-order chi connectivity index (χ0) is 39.8. The van der Waals surface area contributed by atoms with Gasteiger partial charge in [0.2, 0.25) is 0 Å². The van der Waals surface area contributed by atoms with Crippen LogP contribution in [0.4, 0.5) is 11.4 Å². The summed E-state index contributed by atoms with van der Waals surface area (Å²) in [4.78, 5) is 53.2. The molecule has 2 fully saturated rings. The predicted octanol–water partition coefficient (Wildman–Crippen LogP) is 6.81. The number of benzene rings is 2. The topological polar surface area (TPSA) is 147 Å². The maximum Gasteiger partial charge on any atom is 0.306 e. The first-order valence-electron chi connectivity index (χ1n) is 20.1. The summed E-state index contributed by atoms with van der Waals surface area (Å²) in [6, 6.07) is 11.2. The highest BCUT2D eigenvalue weighted by Gasteiger charge is 2.31. The van der Waals surface area contributed by atoms with Crippen LogP contribution in [0.25, 0.3) is 11.1 Å². The van der Waals surface area contributed by atoms with E-state index in [9.17, 15) is 19.5 Å². The smallest absolute Gasteiger partial charge is 0.306 e. The lowest BCUT2D eigenvalue weighted by Gasteiger charge is -2.36. The van der Waals surface area contributed by atoms with Gasteiger partial charge in [-0.05, 0) is 69.5 Å². The van der Waals surface area contributed by atoms with Gasteiger partial charge in [-0.1, -0.05) is 47.5 Å². The van der Waals surface area contributed by atoms with E-state index in [1.165, 1.54) is 0 Å². The summed E-state index contributed by atoms with van der Waals surface area (Å²) >= 11 is 14.0. The van der Waals surface area contributed by atoms with E-state index in [0.29, 0.717) is 69.2 Å². The van der Waals surface area contributed by atoms with E-state index in [4.69, 9.17) is 37.9 Å². The molecule has 4 aromatic rings. The van der Waals surface area contributed by atoms with Gasteiger partial charge in [-0.2, -0.15) is 0 Å². The largest absolute Gasteiger partial charge is 0.481 e. The Bertz CT molecular complexity index is 2170. The van der Waals surface area contributed by atoms with Crippen molar-refractivity contribution in [2.45, 2.75) is 76.9 Å². The number of carboxylic acids is 1. The summed E-state index contributed by atoms with van der Waals surface area (Å²) < 4.78 is 9.32. The molecule has 3 aliphatic heterocycles. The molecule has 4 aliphatic rings. The number of fused-ring (bicyclic) bond motifs is 2. The predicted molar refractivity (Wildman–Crippen MR) is 219 cm³/mol. The number of aromatic nitrogens is 4. The number of ether oxygens (including phenoxy) is 1. The van der Waals surface area contributed by atoms with Crippen LogP contribution in [0.5, 0.6) is 0 Å². The van der Waals surface area contributed by atoms with E-state index in [1.807, 2.05) is 35.4 Å². The van der Waals surface area contributed by atoms with Gasteiger partial charge in [0.1, 0.15) is 0 Å². The lowest BCUT2D eigenvalue weighted by Crippen LogP contribution is -2.42. The third-order valence-electron chi connectivity index (χ3n) is 12.6. The Kier molecular flexibility index (Phi) is 11.7. The number of halogens is 2. The first kappa shape index (κ1) is 39.6. The molecule has 1 saturated heterocycles. The van der Waals surface area contributed by atoms with Gasteiger partial charge in [-0.25, -0.2) is 9.97 Å². The van der Waals surface area contributed by atoms with Gasteiger partial charge >= 0.3 is 5.97 Å². The molecular weight excluding hydrogens is 767 g/mol. The fraction of sp³-hybridized carbons (Fsp3) is 0.500. The molecule has 1 aliphatic carbocycles. The van der Waals surface area contributed by atoms with E-state index in [2.05, 4.69) is 20.4 Å². The van der Waals surface area contributed by atoms with Gasteiger partial charge in [0.25, 0.3) is 11.8 Å². The molecule has 302 valence electrons. The van der Waals surface area contributed by atoms with Gasteiger partial charge in [0.05, 0.1) is 38.7 Å². The molecule has 57 heavy (non-hydrogen) atoms. The summed E-state index contributed by atoms with van der Waals surface area (Å²) in [6.07, 6.45) is 8.13. The van der Waals surface area contributed by atoms with Crippen molar-refractivity contribution < 1.29 is 24.2 Å². The molecule has 3 N–H and O–H groups in total. The number of carbonyl (C=O) groups excluding carboxylic acids is 2. The highest BCUT2D eigenvalue weighted by Crippen LogP contribution is 2.41. The van der Waals surface area contributed by atoms with Crippen LogP contribution in [0.1, 0.15) is 89.0 Å². The summed E-state index contributed by atoms with van der Waals surface area (Å²) in [5.41, 5.74) is 6.00. The van der Waals surface area contributed by atoms with Gasteiger partial charge < -0.3 is 29.6 Å². The Balaban J connectivity index is 0.921. The Morgan fingerprint density at radius 1 is 0.772 bits per heavy atom. The fourth-order valence-electron chi connectivity index (χ4n) is 9.18. The zero-order valence-electron chi connectivity index (χ0n) is 32.5. The monoisotopic (exact) mass is 816 g/mol. The molecule has 0 unspecified atom stereocenters. The first-order chi connectivity index (χ1) is 27.5. The number of nitrogens with one attached hydrogen (secondary N) is 2. The maximum absolute atomic E-state index is 13.7. The number of nitrogens with zero attached hydrogens (tertiary/aromatic N) is 6. The van der Waals surface area contributed by atoms with Crippen molar-refractivity contribution in [2.24, 2.45) is 25.9 Å². The molecule has 2 aromatic carbocycles. The Morgan fingerprint density at radius 3 is 1.88 bits per heavy atom. The van der Waals surface area contributed by atoms with Crippen molar-refractivity contribution in [3.05, 3.63) is 80.9 Å². The van der Waals surface area contributed by atoms with E-state index in [-0.39, 0.29) is 17.7 Å². The quantitative estimate of drug-likeness (QED) is 0.157. The van der Waals surface area contributed by atoms with E-state index >= 15 is 0 Å². The van der Waals surface area contributed by atoms with Crippen LogP contribution in [0, 0.1) is 11.8 Å². The second-order valence-corrected chi connectivity index (χ2v) is 16.7. The SMILES string of the molecule is Cn1c(C(=O)Nc2cccc(-c3cccc(NC(=O)c4nc5c(n4C)CCN(C4CCOCC4)C5)c3Cl)c2Cl)nc2c1CCN(CC[C@H]1CC[C@H](C(=O)O)CC1)C2. The molecule has 0 spiro atoms. The van der Waals surface area contributed by atoms with Crippen molar-refractivity contribution in [3.63, 3.8) is 0 Å². The molecular formula is C42H50Cl2N8O5. The Labute approximate surface area is 342 Å². The van der Waals surface area contributed by atoms with Crippen LogP contribution < -0.4 is 10.6 Å². The summed E-state index contributed by atoms with van der Waals surface area (Å²) in [7, 11) is 3.76. The number of amides is 2. The van der Waals surface area contributed by atoms with Crippen molar-refractivity contribution in [1.82, 2.24) is 28.9 Å². The highest BCUT2D eigenvalue weighted by atomic mass is 35.5. The van der Waals surface area contributed by atoms with Crippen molar-refractivity contribution in [1.29, 1.82) is 0 Å². The second kappa shape index (κ2) is 16.9. The van der Waals surface area contributed by atoms with Crippen LogP contribution in [0.3, 0.4) is 0 Å². The number of imidazole rings is 2. The minimum atomic E-state index is -0.670. The number of anilines is 2. The zero-order valence-corrected chi connectivity index (χ0v) is 34.0. The fourth-order valence-corrected chi connectivity index (χ4v) is 9.73. The molecule has 2 amide bonds. The van der Waals surface area contributed by atoms with E-state index in [1.54, 1.807) is 24.3 Å². The number of carboxylic acid groups (broad SMARTS) is 1. The van der Waals surface area contributed by atoms with Gasteiger partial charge in [0, 0.05) is 94.9 Å². The lowest BCUT2D eigenvalue weighted by molar-refractivity contribution is -0.143. The van der Waals surface area contributed by atoms with Crippen molar-refractivity contribution in [2.75, 3.05) is 43.5 Å². The summed E-state index contributed by atoms with van der Waals surface area (Å²) in [6.45, 7) is 5.68. The molecule has 8 rings (SSSR count). The molecule has 15 heteroatoms. The Morgan fingerprint density at radius 2 is 1.32 bits per heavy atom. The first-order valence-corrected chi connectivity index (χ1v) is 20.9. The third kappa shape index (κ3) is 8.22. The van der Waals surface area contributed by atoms with Crippen LogP contribution in [0.15, 0.2) is 36.4 Å². The van der Waals surface area contributed by atoms with Crippen LogP contribution in [-0.2, 0) is 49.6 Å². The normalized spacial score (nSPS) is 20.5. The molecule has 13 nitrogen and oxygen atoms in total. The van der Waals surface area contributed by atoms with Crippen LogP contribution in [0.2, 0.25) is 10.0 Å². The third-order valence-corrected chi connectivity index (χ3v) is 13.4. The van der Waals surface area contributed by atoms with Crippen LogP contribution >= 0.6 is 23.2 Å². The van der Waals surface area contributed by atoms with Gasteiger partial charge in [-0.3, -0.25) is 24.2 Å². The molecule has 5 heterocycles. The standard InChI is InChI=1S/C42H50Cl2N8O5/c1-49-34-14-19-51(18-13-25-9-11-26(12-10-25)42(55)56)23-32(34)45-38(49)40(53)47-30-7-3-5-28(36(30)43)29-6-4-8-31(37(29)44)48-41(54)39-46-33-24-52(20-15-35(33)50(39)2)27-16-21-57-22-17-27/h3-8,25-27H,9-24H2,1-2H3,(H,47,53)(H,48,54)(H,55,56)/t25-,26-. The summed E-state index contributed by atoms with van der Waals surface area (Å²) in [5, 5.41) is 15.9. The minimum Gasteiger partial charge on any atom is -0.481 e. The van der Waals surface area contributed by atoms with Gasteiger partial charge in [-0.15, -0.1) is 0 Å². The Hall–Kier alpha value is -4.27. The lowest BCUT2D eigenvalue weighted by atomic mass is 9.80. The average molecular weight is 818 g/mol. The van der Waals surface area contributed by atoms with E-state index < -0.39 is 5.97 Å². The van der Waals surface area contributed by atoms with Crippen molar-refractivity contribution >= 4 is 52.4 Å². The average Bonchev–Trinajstić information content (AvgIpc) is 3.74. The number of carbonyl (C=O) groups is 3. The number of aliphatic carboxylic acids is 1. The van der Waals surface area contributed by atoms with Crippen LogP contribution in [-0.4, -0.2) is 90.7 Å².